The van der Waals surface area contributed by atoms with Gasteiger partial charge in [0, 0.05) is 9.35 Å². The van der Waals surface area contributed by atoms with Gasteiger partial charge < -0.3 is 14.2 Å². The van der Waals surface area contributed by atoms with E-state index < -0.39 is 0 Å². The molecule has 1 aromatic heterocycles. The van der Waals surface area contributed by atoms with Crippen molar-refractivity contribution in [2.75, 3.05) is 21.3 Å². The van der Waals surface area contributed by atoms with Crippen molar-refractivity contribution in [2.24, 2.45) is 0 Å². The third kappa shape index (κ3) is 2.91. The lowest BCUT2D eigenvalue weighted by molar-refractivity contribution is 0.103. The van der Waals surface area contributed by atoms with Crippen molar-refractivity contribution in [1.29, 1.82) is 0 Å². The van der Waals surface area contributed by atoms with E-state index in [1.807, 2.05) is 13.0 Å². The van der Waals surface area contributed by atoms with Crippen LogP contribution in [0.4, 0.5) is 0 Å². The number of halogens is 1. The highest BCUT2D eigenvalue weighted by molar-refractivity contribution is 9.10. The zero-order chi connectivity index (χ0) is 15.6. The molecule has 0 unspecified atom stereocenters. The minimum absolute atomic E-state index is 0.113. The predicted octanol–water partition coefficient (Wildman–Crippen LogP) is 4.08. The highest BCUT2D eigenvalue weighted by Gasteiger charge is 2.24. The zero-order valence-corrected chi connectivity index (χ0v) is 14.6. The Labute approximate surface area is 135 Å². The van der Waals surface area contributed by atoms with Gasteiger partial charge in [-0.3, -0.25) is 4.79 Å². The smallest absolute Gasteiger partial charge is 0.207 e. The second-order valence-electron chi connectivity index (χ2n) is 4.25. The van der Waals surface area contributed by atoms with Crippen LogP contribution in [0.1, 0.15) is 20.1 Å². The Hall–Kier alpha value is -1.53. The molecule has 1 aromatic carbocycles. The van der Waals surface area contributed by atoms with Gasteiger partial charge in [-0.2, -0.15) is 0 Å². The summed E-state index contributed by atoms with van der Waals surface area (Å²) in [7, 11) is 4.56. The molecule has 0 aliphatic carbocycles. The molecule has 0 radical (unpaired) electrons. The average molecular weight is 371 g/mol. The Bertz CT molecular complexity index is 679. The molecule has 2 aromatic rings. The maximum atomic E-state index is 12.7. The standard InChI is InChI=1S/C15H15BrO4S/c1-8-7-10(16)15(21-8)12(17)9-5-6-11(18-2)14(20-4)13(9)19-3/h5-7H,1-4H3. The lowest BCUT2D eigenvalue weighted by Gasteiger charge is -2.14. The molecular weight excluding hydrogens is 356 g/mol. The van der Waals surface area contributed by atoms with Crippen LogP contribution in [0.2, 0.25) is 0 Å². The molecule has 0 spiro atoms. The topological polar surface area (TPSA) is 44.8 Å². The first-order valence-corrected chi connectivity index (χ1v) is 7.74. The van der Waals surface area contributed by atoms with E-state index in [1.54, 1.807) is 12.1 Å². The van der Waals surface area contributed by atoms with Crippen LogP contribution in [-0.4, -0.2) is 27.1 Å². The molecule has 0 amide bonds. The molecule has 2 rings (SSSR count). The number of hydrogen-bond donors (Lipinski definition) is 0. The summed E-state index contributed by atoms with van der Waals surface area (Å²) in [6.07, 6.45) is 0. The molecule has 6 heteroatoms. The van der Waals surface area contributed by atoms with Crippen LogP contribution in [0, 0.1) is 6.92 Å². The minimum atomic E-state index is -0.113. The van der Waals surface area contributed by atoms with E-state index in [-0.39, 0.29) is 5.78 Å². The molecule has 0 bridgehead atoms. The lowest BCUT2D eigenvalue weighted by Crippen LogP contribution is -2.05. The zero-order valence-electron chi connectivity index (χ0n) is 12.2. The van der Waals surface area contributed by atoms with E-state index in [4.69, 9.17) is 14.2 Å². The van der Waals surface area contributed by atoms with Gasteiger partial charge in [-0.05, 0) is 41.1 Å². The van der Waals surface area contributed by atoms with Crippen LogP contribution >= 0.6 is 27.3 Å². The van der Waals surface area contributed by atoms with Crippen molar-refractivity contribution in [3.05, 3.63) is 38.0 Å². The number of ether oxygens (including phenoxy) is 3. The summed E-state index contributed by atoms with van der Waals surface area (Å²) in [5.41, 5.74) is 0.442. The number of carbonyl (C=O) groups excluding carboxylic acids is 1. The minimum Gasteiger partial charge on any atom is -0.493 e. The lowest BCUT2D eigenvalue weighted by atomic mass is 10.1. The molecule has 0 N–H and O–H groups in total. The Balaban J connectivity index is 2.58. The van der Waals surface area contributed by atoms with Crippen LogP contribution in [0.5, 0.6) is 17.2 Å². The summed E-state index contributed by atoms with van der Waals surface area (Å²) in [6, 6.07) is 5.30. The van der Waals surface area contributed by atoms with Gasteiger partial charge in [-0.25, -0.2) is 0 Å². The second kappa shape index (κ2) is 6.49. The first-order chi connectivity index (χ1) is 10.0. The van der Waals surface area contributed by atoms with Crippen molar-refractivity contribution in [1.82, 2.24) is 0 Å². The molecule has 4 nitrogen and oxygen atoms in total. The predicted molar refractivity (Wildman–Crippen MR) is 86.3 cm³/mol. The number of hydrogen-bond acceptors (Lipinski definition) is 5. The molecular formula is C15H15BrO4S. The highest BCUT2D eigenvalue weighted by atomic mass is 79.9. The summed E-state index contributed by atoms with van der Waals surface area (Å²) in [5, 5.41) is 0. The molecule has 0 atom stereocenters. The van der Waals surface area contributed by atoms with Gasteiger partial charge in [0.2, 0.25) is 11.5 Å². The van der Waals surface area contributed by atoms with E-state index in [0.717, 1.165) is 9.35 Å². The van der Waals surface area contributed by atoms with E-state index in [9.17, 15) is 4.79 Å². The van der Waals surface area contributed by atoms with Crippen molar-refractivity contribution >= 4 is 33.0 Å². The fraction of sp³-hybridized carbons (Fsp3) is 0.267. The maximum Gasteiger partial charge on any atom is 0.207 e. The Morgan fingerprint density at radius 2 is 1.76 bits per heavy atom. The number of aryl methyl sites for hydroxylation is 1. The van der Waals surface area contributed by atoms with Gasteiger partial charge in [-0.15, -0.1) is 11.3 Å². The van der Waals surface area contributed by atoms with Crippen molar-refractivity contribution < 1.29 is 19.0 Å². The third-order valence-corrected chi connectivity index (χ3v) is 4.90. The molecule has 0 saturated carbocycles. The van der Waals surface area contributed by atoms with Gasteiger partial charge in [0.15, 0.2) is 11.5 Å². The Morgan fingerprint density at radius 1 is 1.10 bits per heavy atom. The summed E-state index contributed by atoms with van der Waals surface area (Å²) in [6.45, 7) is 1.96. The molecule has 0 aliphatic heterocycles. The number of ketones is 1. The number of thiophene rings is 1. The summed E-state index contributed by atoms with van der Waals surface area (Å²) < 4.78 is 16.7. The Morgan fingerprint density at radius 3 is 2.24 bits per heavy atom. The van der Waals surface area contributed by atoms with Crippen molar-refractivity contribution in [2.45, 2.75) is 6.92 Å². The SMILES string of the molecule is COc1ccc(C(=O)c2sc(C)cc2Br)c(OC)c1OC. The van der Waals surface area contributed by atoms with Gasteiger partial charge in [0.05, 0.1) is 31.8 Å². The second-order valence-corrected chi connectivity index (χ2v) is 6.36. The van der Waals surface area contributed by atoms with E-state index in [1.165, 1.54) is 32.7 Å². The molecule has 0 aliphatic rings. The molecule has 112 valence electrons. The van der Waals surface area contributed by atoms with Crippen LogP contribution in [0.25, 0.3) is 0 Å². The van der Waals surface area contributed by atoms with Crippen LogP contribution in [-0.2, 0) is 0 Å². The quantitative estimate of drug-likeness (QED) is 0.743. The van der Waals surface area contributed by atoms with Gasteiger partial charge in [0.25, 0.3) is 0 Å². The maximum absolute atomic E-state index is 12.7. The van der Waals surface area contributed by atoms with E-state index >= 15 is 0 Å². The summed E-state index contributed by atoms with van der Waals surface area (Å²) >= 11 is 4.85. The summed E-state index contributed by atoms with van der Waals surface area (Å²) in [5.74, 6) is 1.19. The summed E-state index contributed by atoms with van der Waals surface area (Å²) in [4.78, 5) is 14.4. The molecule has 21 heavy (non-hydrogen) atoms. The Kier molecular flexibility index (Phi) is 4.90. The van der Waals surface area contributed by atoms with Crippen LogP contribution < -0.4 is 14.2 Å². The van der Waals surface area contributed by atoms with Crippen molar-refractivity contribution in [3.63, 3.8) is 0 Å². The monoisotopic (exact) mass is 370 g/mol. The highest BCUT2D eigenvalue weighted by Crippen LogP contribution is 2.41. The van der Waals surface area contributed by atoms with Gasteiger partial charge in [0.1, 0.15) is 0 Å². The van der Waals surface area contributed by atoms with Crippen molar-refractivity contribution in [3.8, 4) is 17.2 Å². The number of rotatable bonds is 5. The number of benzene rings is 1. The normalized spacial score (nSPS) is 10.3. The van der Waals surface area contributed by atoms with Crippen LogP contribution in [0.3, 0.4) is 0 Å². The van der Waals surface area contributed by atoms with Gasteiger partial charge in [-0.1, -0.05) is 0 Å². The van der Waals surface area contributed by atoms with Gasteiger partial charge >= 0.3 is 0 Å². The molecule has 1 heterocycles. The molecule has 0 fully saturated rings. The molecule has 0 saturated heterocycles. The first kappa shape index (κ1) is 15.9. The fourth-order valence-electron chi connectivity index (χ4n) is 2.04. The largest absolute Gasteiger partial charge is 0.493 e. The number of carbonyl (C=O) groups is 1. The number of methoxy groups -OCH3 is 3. The average Bonchev–Trinajstić information content (AvgIpc) is 2.83. The van der Waals surface area contributed by atoms with E-state index in [0.29, 0.717) is 27.7 Å². The fourth-order valence-corrected chi connectivity index (χ4v) is 3.82. The van der Waals surface area contributed by atoms with E-state index in [2.05, 4.69) is 15.9 Å². The first-order valence-electron chi connectivity index (χ1n) is 6.13. The third-order valence-electron chi connectivity index (χ3n) is 2.96. The van der Waals surface area contributed by atoms with Crippen LogP contribution in [0.15, 0.2) is 22.7 Å².